The van der Waals surface area contributed by atoms with Crippen molar-refractivity contribution in [3.8, 4) is 0 Å². The van der Waals surface area contributed by atoms with Crippen LogP contribution in [0.25, 0.3) is 0 Å². The van der Waals surface area contributed by atoms with Gasteiger partial charge in [-0.3, -0.25) is 4.79 Å². The zero-order valence-electron chi connectivity index (χ0n) is 7.24. The fraction of sp³-hybridized carbons (Fsp3) is 0.333. The highest BCUT2D eigenvalue weighted by Gasteiger charge is 2.38. The summed E-state index contributed by atoms with van der Waals surface area (Å²) in [6.45, 7) is 0. The van der Waals surface area contributed by atoms with E-state index in [1.165, 1.54) is 0 Å². The van der Waals surface area contributed by atoms with Crippen molar-refractivity contribution >= 4 is 11.9 Å². The lowest BCUT2D eigenvalue weighted by atomic mass is 10.2. The first-order chi connectivity index (χ1) is 6.83. The number of alkyl halides is 2. The molecule has 15 heavy (non-hydrogen) atoms. The van der Waals surface area contributed by atoms with Gasteiger partial charge < -0.3 is 15.8 Å². The van der Waals surface area contributed by atoms with E-state index in [1.807, 2.05) is 0 Å². The summed E-state index contributed by atoms with van der Waals surface area (Å²) in [5.74, 6) is -6.22. The molecule has 3 N–H and O–H groups in total. The highest BCUT2D eigenvalue weighted by molar-refractivity contribution is 5.81. The van der Waals surface area contributed by atoms with E-state index in [4.69, 9.17) is 0 Å². The largest absolute Gasteiger partial charge is 0.432 e. The van der Waals surface area contributed by atoms with Crippen LogP contribution in [0, 0.1) is 10.1 Å². The lowest BCUT2D eigenvalue weighted by Crippen LogP contribution is -2.37. The maximum Gasteiger partial charge on any atom is 0.432 e. The first kappa shape index (κ1) is 11.0. The predicted octanol–water partition coefficient (Wildman–Crippen LogP) is -0.0190. The number of aromatic nitrogens is 2. The standard InChI is InChI=1S/C6H6F2N4O3/c7-6(8,4(9)13)1-3-2-10-5(11-3)12(14)15/h2H,1H2,(H2,9,13)(H,10,11). The third-order valence-electron chi connectivity index (χ3n) is 1.55. The normalized spacial score (nSPS) is 11.3. The average Bonchev–Trinajstić information content (AvgIpc) is 2.51. The van der Waals surface area contributed by atoms with Crippen LogP contribution in [0.4, 0.5) is 14.7 Å². The number of H-pyrrole nitrogens is 1. The Morgan fingerprint density at radius 1 is 1.73 bits per heavy atom. The predicted molar refractivity (Wildman–Crippen MR) is 43.1 cm³/mol. The third kappa shape index (κ3) is 2.45. The van der Waals surface area contributed by atoms with Gasteiger partial charge in [0.1, 0.15) is 6.20 Å². The number of primary amides is 1. The number of nitrogens with zero attached hydrogens (tertiary/aromatic N) is 2. The fourth-order valence-electron chi connectivity index (χ4n) is 0.847. The molecule has 0 radical (unpaired) electrons. The molecule has 0 spiro atoms. The molecule has 0 unspecified atom stereocenters. The Kier molecular flexibility index (Phi) is 2.64. The summed E-state index contributed by atoms with van der Waals surface area (Å²) in [4.78, 5) is 24.8. The number of carbonyl (C=O) groups excluding carboxylic acids is 1. The van der Waals surface area contributed by atoms with Crippen molar-refractivity contribution in [2.75, 3.05) is 0 Å². The third-order valence-corrected chi connectivity index (χ3v) is 1.55. The number of nitrogens with two attached hydrogens (primary N) is 1. The summed E-state index contributed by atoms with van der Waals surface area (Å²) in [5, 5.41) is 10.1. The van der Waals surface area contributed by atoms with Crippen molar-refractivity contribution < 1.29 is 18.5 Å². The van der Waals surface area contributed by atoms with Crippen LogP contribution in [0.15, 0.2) is 6.20 Å². The Balaban J connectivity index is 2.82. The van der Waals surface area contributed by atoms with Gasteiger partial charge in [-0.25, -0.2) is 4.98 Å². The zero-order chi connectivity index (χ0) is 11.6. The molecule has 0 saturated carbocycles. The highest BCUT2D eigenvalue weighted by Crippen LogP contribution is 2.19. The molecule has 1 aromatic heterocycles. The van der Waals surface area contributed by atoms with Crippen molar-refractivity contribution in [3.63, 3.8) is 0 Å². The van der Waals surface area contributed by atoms with Crippen LogP contribution >= 0.6 is 0 Å². The van der Waals surface area contributed by atoms with Gasteiger partial charge in [-0.2, -0.15) is 8.78 Å². The Morgan fingerprint density at radius 2 is 2.33 bits per heavy atom. The Labute approximate surface area is 81.4 Å². The van der Waals surface area contributed by atoms with Crippen LogP contribution in [0.1, 0.15) is 5.69 Å². The molecule has 0 aliphatic carbocycles. The topological polar surface area (TPSA) is 115 Å². The number of amides is 1. The molecule has 7 nitrogen and oxygen atoms in total. The minimum absolute atomic E-state index is 0.300. The first-order valence-electron chi connectivity index (χ1n) is 3.69. The molecule has 1 rings (SSSR count). The molecule has 0 aliphatic heterocycles. The second kappa shape index (κ2) is 3.59. The van der Waals surface area contributed by atoms with Gasteiger partial charge in [0.15, 0.2) is 5.69 Å². The number of rotatable bonds is 4. The van der Waals surface area contributed by atoms with Gasteiger partial charge in [-0.15, -0.1) is 0 Å². The monoisotopic (exact) mass is 220 g/mol. The maximum atomic E-state index is 12.7. The number of halogens is 2. The Morgan fingerprint density at radius 3 is 2.73 bits per heavy atom. The van der Waals surface area contributed by atoms with Crippen LogP contribution in [-0.4, -0.2) is 26.7 Å². The van der Waals surface area contributed by atoms with E-state index in [2.05, 4.69) is 15.7 Å². The summed E-state index contributed by atoms with van der Waals surface area (Å²) >= 11 is 0. The number of hydrogen-bond acceptors (Lipinski definition) is 4. The first-order valence-corrected chi connectivity index (χ1v) is 3.69. The van der Waals surface area contributed by atoms with Crippen LogP contribution in [0.2, 0.25) is 0 Å². The molecular formula is C6H6F2N4O3. The van der Waals surface area contributed by atoms with Crippen molar-refractivity contribution in [1.29, 1.82) is 0 Å². The van der Waals surface area contributed by atoms with Crippen molar-refractivity contribution in [2.45, 2.75) is 12.3 Å². The molecule has 1 amide bonds. The summed E-state index contributed by atoms with van der Waals surface area (Å²) in [7, 11) is 0. The highest BCUT2D eigenvalue weighted by atomic mass is 19.3. The van der Waals surface area contributed by atoms with E-state index in [1.54, 1.807) is 0 Å². The summed E-state index contributed by atoms with van der Waals surface area (Å²) < 4.78 is 25.5. The van der Waals surface area contributed by atoms with Crippen LogP contribution < -0.4 is 5.73 Å². The fourth-order valence-corrected chi connectivity index (χ4v) is 0.847. The zero-order valence-corrected chi connectivity index (χ0v) is 7.24. The molecule has 0 fully saturated rings. The van der Waals surface area contributed by atoms with E-state index in [0.717, 1.165) is 6.20 Å². The van der Waals surface area contributed by atoms with E-state index in [-0.39, 0.29) is 5.69 Å². The van der Waals surface area contributed by atoms with Crippen LogP contribution in [-0.2, 0) is 11.2 Å². The molecule has 0 atom stereocenters. The van der Waals surface area contributed by atoms with Crippen molar-refractivity contribution in [3.05, 3.63) is 22.0 Å². The average molecular weight is 220 g/mol. The lowest BCUT2D eigenvalue weighted by Gasteiger charge is -2.07. The maximum absolute atomic E-state index is 12.7. The molecule has 1 heterocycles. The van der Waals surface area contributed by atoms with E-state index < -0.39 is 29.1 Å². The molecule has 0 aromatic carbocycles. The number of carbonyl (C=O) groups is 1. The molecule has 1 aromatic rings. The molecular weight excluding hydrogens is 214 g/mol. The smallest absolute Gasteiger partial charge is 0.390 e. The Hall–Kier alpha value is -2.06. The summed E-state index contributed by atoms with van der Waals surface area (Å²) in [6.07, 6.45) is -0.137. The van der Waals surface area contributed by atoms with E-state index >= 15 is 0 Å². The molecule has 82 valence electrons. The molecule has 0 bridgehead atoms. The van der Waals surface area contributed by atoms with Gasteiger partial charge >= 0.3 is 11.9 Å². The number of hydrogen-bond donors (Lipinski definition) is 2. The SMILES string of the molecule is NC(=O)C(F)(F)Cc1c[nH]c([N+](=O)[O-])n1. The molecule has 0 aliphatic rings. The van der Waals surface area contributed by atoms with Crippen molar-refractivity contribution in [2.24, 2.45) is 5.73 Å². The minimum atomic E-state index is -3.76. The summed E-state index contributed by atoms with van der Waals surface area (Å²) in [6, 6.07) is 0. The van der Waals surface area contributed by atoms with Gasteiger partial charge in [0, 0.05) is 0 Å². The van der Waals surface area contributed by atoms with E-state index in [9.17, 15) is 23.7 Å². The van der Waals surface area contributed by atoms with Gasteiger partial charge in [0.2, 0.25) is 0 Å². The number of aromatic amines is 1. The summed E-state index contributed by atoms with van der Waals surface area (Å²) in [5.41, 5.74) is 4.12. The van der Waals surface area contributed by atoms with Gasteiger partial charge in [0.25, 0.3) is 5.91 Å². The number of nitrogens with one attached hydrogen (secondary N) is 1. The quantitative estimate of drug-likeness (QED) is 0.547. The minimum Gasteiger partial charge on any atom is -0.390 e. The Bertz CT molecular complexity index is 403. The van der Waals surface area contributed by atoms with Gasteiger partial charge in [-0.05, 0) is 4.92 Å². The van der Waals surface area contributed by atoms with Gasteiger partial charge in [0.05, 0.1) is 6.42 Å². The number of nitro groups is 1. The van der Waals surface area contributed by atoms with Gasteiger partial charge in [-0.1, -0.05) is 4.98 Å². The van der Waals surface area contributed by atoms with Crippen molar-refractivity contribution in [1.82, 2.24) is 9.97 Å². The number of imidazole rings is 1. The van der Waals surface area contributed by atoms with Crippen LogP contribution in [0.3, 0.4) is 0 Å². The second-order valence-corrected chi connectivity index (χ2v) is 2.72. The van der Waals surface area contributed by atoms with E-state index in [0.29, 0.717) is 0 Å². The second-order valence-electron chi connectivity index (χ2n) is 2.72. The lowest BCUT2D eigenvalue weighted by molar-refractivity contribution is -0.393. The molecule has 0 saturated heterocycles. The van der Waals surface area contributed by atoms with Crippen LogP contribution in [0.5, 0.6) is 0 Å². The molecule has 9 heteroatoms.